The maximum atomic E-state index is 11.5. The Kier molecular flexibility index (Phi) is 5.05. The van der Waals surface area contributed by atoms with Gasteiger partial charge in [-0.15, -0.1) is 11.3 Å². The Morgan fingerprint density at radius 2 is 2.32 bits per heavy atom. The van der Waals surface area contributed by atoms with Gasteiger partial charge in [0.15, 0.2) is 5.16 Å². The Balaban J connectivity index is 1.76. The third-order valence-electron chi connectivity index (χ3n) is 2.15. The van der Waals surface area contributed by atoms with Gasteiger partial charge in [0, 0.05) is 17.3 Å². The van der Waals surface area contributed by atoms with Crippen molar-refractivity contribution in [2.75, 3.05) is 5.75 Å². The molecule has 0 aromatic carbocycles. The number of amides is 1. The summed E-state index contributed by atoms with van der Waals surface area (Å²) in [5.74, 6) is 0.0630. The van der Waals surface area contributed by atoms with Crippen LogP contribution in [0.4, 0.5) is 0 Å². The lowest BCUT2D eigenvalue weighted by Crippen LogP contribution is -2.19. The van der Waals surface area contributed by atoms with Gasteiger partial charge < -0.3 is 0 Å². The second-order valence-corrected chi connectivity index (χ2v) is 5.47. The largest absolute Gasteiger partial charge is 0.272 e. The van der Waals surface area contributed by atoms with Crippen molar-refractivity contribution >= 4 is 35.2 Å². The summed E-state index contributed by atoms with van der Waals surface area (Å²) >= 11 is 2.86. The Bertz CT molecular complexity index is 568. The lowest BCUT2D eigenvalue weighted by atomic mass is 10.3. The van der Waals surface area contributed by atoms with E-state index >= 15 is 0 Å². The molecule has 0 saturated heterocycles. The van der Waals surface area contributed by atoms with Gasteiger partial charge in [0.05, 0.1) is 12.0 Å². The van der Waals surface area contributed by atoms with Gasteiger partial charge in [-0.25, -0.2) is 15.4 Å². The van der Waals surface area contributed by atoms with E-state index in [1.54, 1.807) is 36.0 Å². The molecule has 2 rings (SSSR count). The molecule has 19 heavy (non-hydrogen) atoms. The number of carbonyl (C=O) groups excluding carboxylic acids is 1. The number of carbonyl (C=O) groups is 1. The van der Waals surface area contributed by atoms with Crippen LogP contribution in [0.3, 0.4) is 0 Å². The van der Waals surface area contributed by atoms with Crippen LogP contribution >= 0.6 is 23.1 Å². The molecule has 2 heterocycles. The summed E-state index contributed by atoms with van der Waals surface area (Å²) in [7, 11) is 0. The molecule has 0 aliphatic rings. The van der Waals surface area contributed by atoms with Gasteiger partial charge in [-0.3, -0.25) is 4.79 Å². The second-order valence-electron chi connectivity index (χ2n) is 3.58. The molecular formula is C12H12N4OS2. The molecule has 1 amide bonds. The third kappa shape index (κ3) is 4.46. The topological polar surface area (TPSA) is 67.2 Å². The number of thiophene rings is 1. The number of hydrazone groups is 1. The van der Waals surface area contributed by atoms with Crippen molar-refractivity contribution in [2.45, 2.75) is 12.1 Å². The molecule has 0 atom stereocenters. The standard InChI is InChI=1S/C12H12N4OS2/c1-9-3-6-18-10(9)7-15-16-11(17)8-19-12-13-4-2-5-14-12/h2-7H,8H2,1H3,(H,16,17)/b15-7-. The number of hydrogen-bond donors (Lipinski definition) is 1. The maximum Gasteiger partial charge on any atom is 0.250 e. The molecule has 1 N–H and O–H groups in total. The molecule has 0 aliphatic carbocycles. The number of nitrogens with one attached hydrogen (secondary N) is 1. The van der Waals surface area contributed by atoms with Crippen molar-refractivity contribution in [1.82, 2.24) is 15.4 Å². The van der Waals surface area contributed by atoms with Crippen LogP contribution in [0, 0.1) is 6.92 Å². The minimum absolute atomic E-state index is 0.178. The number of thioether (sulfide) groups is 1. The van der Waals surface area contributed by atoms with Crippen LogP contribution in [-0.2, 0) is 4.79 Å². The van der Waals surface area contributed by atoms with Gasteiger partial charge in [0.2, 0.25) is 0 Å². The first-order chi connectivity index (χ1) is 9.25. The zero-order valence-corrected chi connectivity index (χ0v) is 11.9. The van der Waals surface area contributed by atoms with E-state index in [-0.39, 0.29) is 11.7 Å². The van der Waals surface area contributed by atoms with Crippen molar-refractivity contribution in [3.63, 3.8) is 0 Å². The molecule has 0 bridgehead atoms. The highest BCUT2D eigenvalue weighted by Crippen LogP contribution is 2.12. The average Bonchev–Trinajstić information content (AvgIpc) is 2.83. The SMILES string of the molecule is Cc1ccsc1/C=N\NC(=O)CSc1ncccn1. The second kappa shape index (κ2) is 7.01. The van der Waals surface area contributed by atoms with Gasteiger partial charge in [-0.2, -0.15) is 5.10 Å². The molecule has 0 aliphatic heterocycles. The van der Waals surface area contributed by atoms with Gasteiger partial charge in [-0.05, 0) is 30.0 Å². The van der Waals surface area contributed by atoms with Crippen molar-refractivity contribution in [3.05, 3.63) is 40.3 Å². The molecule has 2 aromatic heterocycles. The van der Waals surface area contributed by atoms with Crippen LogP contribution in [0.1, 0.15) is 10.4 Å². The summed E-state index contributed by atoms with van der Waals surface area (Å²) in [6.45, 7) is 2.00. The Hall–Kier alpha value is -1.73. The molecule has 7 heteroatoms. The predicted molar refractivity (Wildman–Crippen MR) is 77.5 cm³/mol. The van der Waals surface area contributed by atoms with Gasteiger partial charge in [-0.1, -0.05) is 11.8 Å². The fourth-order valence-corrected chi connectivity index (χ4v) is 2.58. The van der Waals surface area contributed by atoms with E-state index in [0.717, 1.165) is 10.4 Å². The lowest BCUT2D eigenvalue weighted by molar-refractivity contribution is -0.118. The molecule has 98 valence electrons. The highest BCUT2D eigenvalue weighted by atomic mass is 32.2. The van der Waals surface area contributed by atoms with E-state index in [2.05, 4.69) is 20.5 Å². The predicted octanol–water partition coefficient (Wildman–Crippen LogP) is 2.09. The smallest absolute Gasteiger partial charge is 0.250 e. The van der Waals surface area contributed by atoms with Crippen LogP contribution in [-0.4, -0.2) is 27.8 Å². The van der Waals surface area contributed by atoms with Crippen molar-refractivity contribution in [1.29, 1.82) is 0 Å². The van der Waals surface area contributed by atoms with E-state index in [0.29, 0.717) is 5.16 Å². The fourth-order valence-electron chi connectivity index (χ4n) is 1.20. The zero-order valence-electron chi connectivity index (χ0n) is 10.2. The van der Waals surface area contributed by atoms with E-state index in [4.69, 9.17) is 0 Å². The van der Waals surface area contributed by atoms with Crippen molar-refractivity contribution in [2.24, 2.45) is 5.10 Å². The molecular weight excluding hydrogens is 280 g/mol. The van der Waals surface area contributed by atoms with Crippen molar-refractivity contribution in [3.8, 4) is 0 Å². The monoisotopic (exact) mass is 292 g/mol. The number of aromatic nitrogens is 2. The van der Waals surface area contributed by atoms with E-state index < -0.39 is 0 Å². The minimum Gasteiger partial charge on any atom is -0.272 e. The quantitative estimate of drug-likeness (QED) is 0.396. The first kappa shape index (κ1) is 13.7. The zero-order chi connectivity index (χ0) is 13.5. The average molecular weight is 292 g/mol. The van der Waals surface area contributed by atoms with Crippen LogP contribution in [0.25, 0.3) is 0 Å². The lowest BCUT2D eigenvalue weighted by Gasteiger charge is -1.98. The summed E-state index contributed by atoms with van der Waals surface area (Å²) in [6.07, 6.45) is 4.94. The van der Waals surface area contributed by atoms with E-state index in [1.807, 2.05) is 18.4 Å². The summed E-state index contributed by atoms with van der Waals surface area (Å²) in [5, 5.41) is 6.49. The number of rotatable bonds is 5. The van der Waals surface area contributed by atoms with Crippen LogP contribution in [0.5, 0.6) is 0 Å². The molecule has 0 radical (unpaired) electrons. The number of nitrogens with zero attached hydrogens (tertiary/aromatic N) is 3. The summed E-state index contributed by atoms with van der Waals surface area (Å²) in [6, 6.07) is 3.74. The summed E-state index contributed by atoms with van der Waals surface area (Å²) in [4.78, 5) is 20.6. The van der Waals surface area contributed by atoms with Crippen LogP contribution < -0.4 is 5.43 Å². The van der Waals surface area contributed by atoms with Gasteiger partial charge >= 0.3 is 0 Å². The highest BCUT2D eigenvalue weighted by molar-refractivity contribution is 7.99. The number of aryl methyl sites for hydroxylation is 1. The van der Waals surface area contributed by atoms with Crippen LogP contribution in [0.15, 0.2) is 40.2 Å². The van der Waals surface area contributed by atoms with E-state index in [9.17, 15) is 4.79 Å². The fraction of sp³-hybridized carbons (Fsp3) is 0.167. The van der Waals surface area contributed by atoms with Crippen LogP contribution in [0.2, 0.25) is 0 Å². The molecule has 0 saturated carbocycles. The Morgan fingerprint density at radius 1 is 1.53 bits per heavy atom. The third-order valence-corrected chi connectivity index (χ3v) is 3.98. The van der Waals surface area contributed by atoms with Gasteiger partial charge in [0.25, 0.3) is 5.91 Å². The normalized spacial score (nSPS) is 10.8. The molecule has 2 aromatic rings. The minimum atomic E-state index is -0.178. The molecule has 0 unspecified atom stereocenters. The highest BCUT2D eigenvalue weighted by Gasteiger charge is 2.03. The first-order valence-corrected chi connectivity index (χ1v) is 7.38. The molecule has 0 spiro atoms. The molecule has 0 fully saturated rings. The number of hydrogen-bond acceptors (Lipinski definition) is 6. The summed E-state index contributed by atoms with van der Waals surface area (Å²) < 4.78 is 0. The Morgan fingerprint density at radius 3 is 3.00 bits per heavy atom. The van der Waals surface area contributed by atoms with Gasteiger partial charge in [0.1, 0.15) is 0 Å². The molecule has 5 nitrogen and oxygen atoms in total. The maximum absolute atomic E-state index is 11.5. The summed E-state index contributed by atoms with van der Waals surface area (Å²) in [5.41, 5.74) is 3.63. The van der Waals surface area contributed by atoms with E-state index in [1.165, 1.54) is 11.8 Å². The van der Waals surface area contributed by atoms with Crippen molar-refractivity contribution < 1.29 is 4.79 Å². The Labute approximate surface area is 119 Å². The first-order valence-electron chi connectivity index (χ1n) is 5.51.